The van der Waals surface area contributed by atoms with Gasteiger partial charge in [0.15, 0.2) is 8.68 Å². The van der Waals surface area contributed by atoms with Gasteiger partial charge in [0.2, 0.25) is 0 Å². The van der Waals surface area contributed by atoms with E-state index in [1.807, 2.05) is 12.1 Å². The molecule has 0 amide bonds. The smallest absolute Gasteiger partial charge is 0.175 e. The van der Waals surface area contributed by atoms with E-state index in [2.05, 4.69) is 52.9 Å². The molecule has 0 aliphatic carbocycles. The molecule has 0 unspecified atom stereocenters. The van der Waals surface area contributed by atoms with Crippen molar-refractivity contribution in [3.8, 4) is 5.75 Å². The number of methoxy groups -OCH3 is 1. The largest absolute Gasteiger partial charge is 0.497 e. The Balaban J connectivity index is 1.49. The van der Waals surface area contributed by atoms with Gasteiger partial charge in [-0.1, -0.05) is 59.1 Å². The van der Waals surface area contributed by atoms with Crippen molar-refractivity contribution >= 4 is 46.6 Å². The molecule has 0 fully saturated rings. The van der Waals surface area contributed by atoms with Crippen LogP contribution in [0.1, 0.15) is 11.1 Å². The van der Waals surface area contributed by atoms with Crippen LogP contribution in [0.3, 0.4) is 0 Å². The number of nitrogens with zero attached hydrogens (tertiary/aromatic N) is 2. The quantitative estimate of drug-likeness (QED) is 0.436. The lowest BCUT2D eigenvalue weighted by Crippen LogP contribution is -1.84. The topological polar surface area (TPSA) is 35.0 Å². The molecule has 0 bridgehead atoms. The summed E-state index contributed by atoms with van der Waals surface area (Å²) in [5, 5.41) is 8.58. The van der Waals surface area contributed by atoms with Crippen molar-refractivity contribution in [2.45, 2.75) is 25.1 Å². The number of thioether (sulfide) groups is 3. The van der Waals surface area contributed by atoms with Gasteiger partial charge in [0, 0.05) is 16.4 Å². The van der Waals surface area contributed by atoms with Gasteiger partial charge >= 0.3 is 0 Å². The minimum absolute atomic E-state index is 0.883. The maximum absolute atomic E-state index is 5.18. The molecule has 0 saturated heterocycles. The Hall–Kier alpha value is -1.15. The van der Waals surface area contributed by atoms with Crippen LogP contribution < -0.4 is 4.74 Å². The summed E-state index contributed by atoms with van der Waals surface area (Å²) in [6.07, 6.45) is 2.09. The summed E-state index contributed by atoms with van der Waals surface area (Å²) in [5.74, 6) is 2.69. The predicted molar refractivity (Wildman–Crippen MR) is 110 cm³/mol. The molecule has 0 saturated carbocycles. The third kappa shape index (κ3) is 5.67. The highest BCUT2D eigenvalue weighted by Gasteiger charge is 2.07. The second-order valence-corrected chi connectivity index (χ2v) is 9.41. The second-order valence-electron chi connectivity index (χ2n) is 5.11. The van der Waals surface area contributed by atoms with E-state index >= 15 is 0 Å². The highest BCUT2D eigenvalue weighted by molar-refractivity contribution is 8.02. The molecule has 1 heterocycles. The standard InChI is InChI=1S/C18H18N2OS4/c1-21-15-7-3-13(4-8-15)11-23-17-19-20-18(25-17)24-12-14-5-9-16(22-2)10-6-14/h3-10H,11-12H2,1-2H3. The molecule has 3 nitrogen and oxygen atoms in total. The van der Waals surface area contributed by atoms with E-state index in [0.717, 1.165) is 25.9 Å². The van der Waals surface area contributed by atoms with Crippen LogP contribution in [0, 0.1) is 0 Å². The van der Waals surface area contributed by atoms with E-state index in [4.69, 9.17) is 4.74 Å². The molecule has 3 rings (SSSR count). The minimum atomic E-state index is 0.883. The van der Waals surface area contributed by atoms with E-state index in [0.29, 0.717) is 0 Å². The summed E-state index contributed by atoms with van der Waals surface area (Å²) in [5.41, 5.74) is 2.56. The molecule has 7 heteroatoms. The fraction of sp³-hybridized carbons (Fsp3) is 0.222. The zero-order valence-electron chi connectivity index (χ0n) is 14.0. The van der Waals surface area contributed by atoms with Gasteiger partial charge in [-0.3, -0.25) is 0 Å². The zero-order chi connectivity index (χ0) is 17.5. The van der Waals surface area contributed by atoms with Gasteiger partial charge in [-0.15, -0.1) is 22.0 Å². The fourth-order valence-electron chi connectivity index (χ4n) is 2.05. The van der Waals surface area contributed by atoms with Crippen LogP contribution in [0.15, 0.2) is 62.1 Å². The Morgan fingerprint density at radius 3 is 1.84 bits per heavy atom. The van der Waals surface area contributed by atoms with E-state index < -0.39 is 0 Å². The molecule has 1 aromatic heterocycles. The summed E-state index contributed by atoms with van der Waals surface area (Å²) in [4.78, 5) is 1.29. The van der Waals surface area contributed by atoms with Crippen LogP contribution in [0.5, 0.6) is 5.75 Å². The number of aromatic nitrogens is 2. The summed E-state index contributed by atoms with van der Waals surface area (Å²) in [7, 11) is 1.68. The molecule has 0 N–H and O–H groups in total. The monoisotopic (exact) mass is 406 g/mol. The van der Waals surface area contributed by atoms with Crippen molar-refractivity contribution in [1.29, 1.82) is 0 Å². The van der Waals surface area contributed by atoms with E-state index in [9.17, 15) is 0 Å². The summed E-state index contributed by atoms with van der Waals surface area (Å²) >= 11 is 6.89. The normalized spacial score (nSPS) is 10.8. The Kier molecular flexibility index (Phi) is 7.10. The third-order valence-electron chi connectivity index (χ3n) is 3.43. The minimum Gasteiger partial charge on any atom is -0.497 e. The summed E-state index contributed by atoms with van der Waals surface area (Å²) < 4.78 is 7.21. The SMILES string of the molecule is COc1ccc(CSc2nnc(SCc3ccc(SC)cc3)s2)cc1. The van der Waals surface area contributed by atoms with E-state index in [1.165, 1.54) is 16.0 Å². The number of hydrogen-bond donors (Lipinski definition) is 0. The zero-order valence-corrected chi connectivity index (χ0v) is 17.2. The maximum Gasteiger partial charge on any atom is 0.175 e. The summed E-state index contributed by atoms with van der Waals surface area (Å²) in [6.45, 7) is 0. The molecule has 25 heavy (non-hydrogen) atoms. The van der Waals surface area contributed by atoms with Crippen LogP contribution >= 0.6 is 46.6 Å². The number of hydrogen-bond acceptors (Lipinski definition) is 7. The highest BCUT2D eigenvalue weighted by Crippen LogP contribution is 2.32. The predicted octanol–water partition coefficient (Wildman–Crippen LogP) is 5.85. The Morgan fingerprint density at radius 2 is 1.36 bits per heavy atom. The Labute approximate surface area is 165 Å². The number of rotatable bonds is 8. The molecule has 0 atom stereocenters. The van der Waals surface area contributed by atoms with E-state index in [1.54, 1.807) is 53.7 Å². The first-order chi connectivity index (χ1) is 12.3. The Morgan fingerprint density at radius 1 is 0.840 bits per heavy atom. The lowest BCUT2D eigenvalue weighted by molar-refractivity contribution is 0.414. The first-order valence-electron chi connectivity index (χ1n) is 7.62. The van der Waals surface area contributed by atoms with Crippen molar-refractivity contribution in [3.63, 3.8) is 0 Å². The van der Waals surface area contributed by atoms with Gasteiger partial charge < -0.3 is 4.74 Å². The van der Waals surface area contributed by atoms with Crippen LogP contribution in [-0.4, -0.2) is 23.6 Å². The first kappa shape index (κ1) is 18.6. The molecule has 0 radical (unpaired) electrons. The summed E-state index contributed by atoms with van der Waals surface area (Å²) in [6, 6.07) is 16.8. The van der Waals surface area contributed by atoms with E-state index in [-0.39, 0.29) is 0 Å². The van der Waals surface area contributed by atoms with Gasteiger partial charge in [-0.05, 0) is 41.6 Å². The van der Waals surface area contributed by atoms with Gasteiger partial charge in [0.1, 0.15) is 5.75 Å². The molecule has 130 valence electrons. The molecule has 3 aromatic rings. The number of ether oxygens (including phenoxy) is 1. The average Bonchev–Trinajstić information content (AvgIpc) is 3.13. The third-order valence-corrected chi connectivity index (χ3v) is 7.51. The molecule has 2 aromatic carbocycles. The molecule has 0 spiro atoms. The molecule has 0 aliphatic rings. The Bertz CT molecular complexity index is 722. The lowest BCUT2D eigenvalue weighted by Gasteiger charge is -2.01. The molecular weight excluding hydrogens is 388 g/mol. The van der Waals surface area contributed by atoms with Gasteiger partial charge in [0.25, 0.3) is 0 Å². The van der Waals surface area contributed by atoms with Crippen LogP contribution in [0.25, 0.3) is 0 Å². The van der Waals surface area contributed by atoms with Crippen molar-refractivity contribution in [2.24, 2.45) is 0 Å². The van der Waals surface area contributed by atoms with Crippen LogP contribution in [0.2, 0.25) is 0 Å². The highest BCUT2D eigenvalue weighted by atomic mass is 32.2. The molecular formula is C18H18N2OS4. The first-order valence-corrected chi connectivity index (χ1v) is 11.6. The lowest BCUT2D eigenvalue weighted by atomic mass is 10.2. The van der Waals surface area contributed by atoms with Gasteiger partial charge in [-0.25, -0.2) is 0 Å². The fourth-order valence-corrected chi connectivity index (χ4v) is 5.39. The van der Waals surface area contributed by atoms with Crippen molar-refractivity contribution in [2.75, 3.05) is 13.4 Å². The molecule has 0 aliphatic heterocycles. The second kappa shape index (κ2) is 9.52. The van der Waals surface area contributed by atoms with Crippen molar-refractivity contribution in [1.82, 2.24) is 10.2 Å². The average molecular weight is 407 g/mol. The van der Waals surface area contributed by atoms with Crippen molar-refractivity contribution in [3.05, 3.63) is 59.7 Å². The van der Waals surface area contributed by atoms with Crippen LogP contribution in [-0.2, 0) is 11.5 Å². The maximum atomic E-state index is 5.18. The van der Waals surface area contributed by atoms with Crippen LogP contribution in [0.4, 0.5) is 0 Å². The van der Waals surface area contributed by atoms with Crippen molar-refractivity contribution < 1.29 is 4.74 Å². The number of benzene rings is 2. The van der Waals surface area contributed by atoms with Gasteiger partial charge in [0.05, 0.1) is 7.11 Å². The van der Waals surface area contributed by atoms with Gasteiger partial charge in [-0.2, -0.15) is 0 Å².